The minimum atomic E-state index is -3.77. The van der Waals surface area contributed by atoms with Crippen molar-refractivity contribution in [2.45, 2.75) is 31.1 Å². The van der Waals surface area contributed by atoms with Crippen molar-refractivity contribution in [3.05, 3.63) is 52.1 Å². The van der Waals surface area contributed by atoms with Crippen LogP contribution >= 0.6 is 0 Å². The van der Waals surface area contributed by atoms with Crippen molar-refractivity contribution in [3.63, 3.8) is 0 Å². The summed E-state index contributed by atoms with van der Waals surface area (Å²) in [6.07, 6.45) is 3.69. The Hall–Kier alpha value is -3.18. The normalized spacial score (nSPS) is 14.7. The smallest absolute Gasteiger partial charge is 0.295 e. The molecule has 0 aliphatic carbocycles. The third-order valence-electron chi connectivity index (χ3n) is 4.73. The molecule has 0 saturated carbocycles. The van der Waals surface area contributed by atoms with Crippen LogP contribution in [0.25, 0.3) is 0 Å². The zero-order chi connectivity index (χ0) is 22.4. The summed E-state index contributed by atoms with van der Waals surface area (Å²) in [5, 5.41) is 25.5. The van der Waals surface area contributed by atoms with Crippen LogP contribution in [0.2, 0.25) is 0 Å². The van der Waals surface area contributed by atoms with Gasteiger partial charge in [0.2, 0.25) is 10.0 Å². The lowest BCUT2D eigenvalue weighted by Crippen LogP contribution is -2.27. The van der Waals surface area contributed by atoms with Crippen molar-refractivity contribution in [3.8, 4) is 11.5 Å². The first-order valence-electron chi connectivity index (χ1n) is 9.86. The summed E-state index contributed by atoms with van der Waals surface area (Å²) in [6, 6.07) is 8.39. The number of phenolic OH excluding ortho intramolecular Hbond substituents is 1. The average molecular weight is 449 g/mol. The standard InChI is InChI=1S/C20H24N4O6S/c1-2-11-30-16-6-5-15(20(25)12-16)14-21-22-18-8-7-17(13-19(18)24(26)27)31(28,29)23-9-3-4-10-23/h5-8,12-14,22,25H,2-4,9-11H2,1H3. The van der Waals surface area contributed by atoms with Gasteiger partial charge in [-0.3, -0.25) is 15.5 Å². The first-order valence-corrected chi connectivity index (χ1v) is 11.3. The first kappa shape index (κ1) is 22.5. The van der Waals surface area contributed by atoms with Gasteiger partial charge in [-0.1, -0.05) is 6.92 Å². The molecule has 0 spiro atoms. The lowest BCUT2D eigenvalue weighted by Gasteiger charge is -2.15. The van der Waals surface area contributed by atoms with Gasteiger partial charge in [0.25, 0.3) is 5.69 Å². The fourth-order valence-electron chi connectivity index (χ4n) is 3.11. The van der Waals surface area contributed by atoms with Crippen LogP contribution in [0.5, 0.6) is 11.5 Å². The van der Waals surface area contributed by atoms with Crippen molar-refractivity contribution < 1.29 is 23.2 Å². The maximum absolute atomic E-state index is 12.7. The van der Waals surface area contributed by atoms with Crippen LogP contribution in [0, 0.1) is 10.1 Å². The molecule has 1 aliphatic heterocycles. The van der Waals surface area contributed by atoms with Gasteiger partial charge in [-0.25, -0.2) is 8.42 Å². The molecule has 1 fully saturated rings. The van der Waals surface area contributed by atoms with Crippen molar-refractivity contribution in [2.75, 3.05) is 25.1 Å². The van der Waals surface area contributed by atoms with Crippen LogP contribution in [0.15, 0.2) is 46.4 Å². The molecule has 0 atom stereocenters. The van der Waals surface area contributed by atoms with E-state index >= 15 is 0 Å². The van der Waals surface area contributed by atoms with E-state index in [2.05, 4.69) is 10.5 Å². The van der Waals surface area contributed by atoms with Crippen molar-refractivity contribution >= 4 is 27.6 Å². The van der Waals surface area contributed by atoms with Crippen LogP contribution in [-0.4, -0.2) is 48.7 Å². The molecule has 11 heteroatoms. The number of aromatic hydroxyl groups is 1. The van der Waals surface area contributed by atoms with E-state index in [4.69, 9.17) is 4.74 Å². The zero-order valence-electron chi connectivity index (χ0n) is 17.0. The third-order valence-corrected chi connectivity index (χ3v) is 6.63. The molecule has 1 saturated heterocycles. The Balaban J connectivity index is 1.78. The number of phenols is 1. The Morgan fingerprint density at radius 2 is 2.00 bits per heavy atom. The summed E-state index contributed by atoms with van der Waals surface area (Å²) >= 11 is 0. The van der Waals surface area contributed by atoms with E-state index in [-0.39, 0.29) is 16.3 Å². The predicted octanol–water partition coefficient (Wildman–Crippen LogP) is 3.32. The van der Waals surface area contributed by atoms with E-state index in [0.29, 0.717) is 31.0 Å². The van der Waals surface area contributed by atoms with Crippen LogP contribution in [0.3, 0.4) is 0 Å². The molecule has 3 rings (SSSR count). The second-order valence-corrected chi connectivity index (χ2v) is 8.92. The Morgan fingerprint density at radius 1 is 1.26 bits per heavy atom. The van der Waals surface area contributed by atoms with Gasteiger partial charge < -0.3 is 9.84 Å². The summed E-state index contributed by atoms with van der Waals surface area (Å²) in [7, 11) is -3.77. The largest absolute Gasteiger partial charge is 0.507 e. The molecule has 2 N–H and O–H groups in total. The molecule has 166 valence electrons. The molecule has 1 aliphatic rings. The average Bonchev–Trinajstić information content (AvgIpc) is 3.29. The Labute approximate surface area is 180 Å². The maximum atomic E-state index is 12.7. The van der Waals surface area contributed by atoms with E-state index < -0.39 is 20.6 Å². The van der Waals surface area contributed by atoms with Crippen LogP contribution in [0.4, 0.5) is 11.4 Å². The Bertz CT molecular complexity index is 1080. The number of hydrogen-bond acceptors (Lipinski definition) is 8. The topological polar surface area (TPSA) is 134 Å². The monoisotopic (exact) mass is 448 g/mol. The number of nitrogens with one attached hydrogen (secondary N) is 1. The predicted molar refractivity (Wildman–Crippen MR) is 116 cm³/mol. The van der Waals surface area contributed by atoms with Gasteiger partial charge in [-0.05, 0) is 43.5 Å². The minimum Gasteiger partial charge on any atom is -0.507 e. The summed E-state index contributed by atoms with van der Waals surface area (Å²) in [4.78, 5) is 10.7. The number of sulfonamides is 1. The maximum Gasteiger partial charge on any atom is 0.295 e. The molecule has 0 bridgehead atoms. The number of nitro benzene ring substituents is 1. The number of ether oxygens (including phenoxy) is 1. The fourth-order valence-corrected chi connectivity index (χ4v) is 4.65. The van der Waals surface area contributed by atoms with Gasteiger partial charge in [0.15, 0.2) is 0 Å². The van der Waals surface area contributed by atoms with Gasteiger partial charge in [0, 0.05) is 30.8 Å². The summed E-state index contributed by atoms with van der Waals surface area (Å²) in [5.74, 6) is 0.468. The molecule has 0 unspecified atom stereocenters. The van der Waals surface area contributed by atoms with Crippen LogP contribution < -0.4 is 10.2 Å². The lowest BCUT2D eigenvalue weighted by molar-refractivity contribution is -0.384. The molecule has 0 radical (unpaired) electrons. The number of anilines is 1. The summed E-state index contributed by atoms with van der Waals surface area (Å²) < 4.78 is 32.1. The number of nitrogens with zero attached hydrogens (tertiary/aromatic N) is 3. The molecule has 0 amide bonds. The number of nitro groups is 1. The fraction of sp³-hybridized carbons (Fsp3) is 0.350. The molecule has 2 aromatic carbocycles. The SMILES string of the molecule is CCCOc1ccc(C=NNc2ccc(S(=O)(=O)N3CCCC3)cc2[N+](=O)[O-])c(O)c1. The van der Waals surface area contributed by atoms with Gasteiger partial charge in [0.1, 0.15) is 17.2 Å². The lowest BCUT2D eigenvalue weighted by atomic mass is 10.2. The number of hydrazone groups is 1. The molecule has 0 aromatic heterocycles. The van der Waals surface area contributed by atoms with Gasteiger partial charge in [-0.15, -0.1) is 0 Å². The van der Waals surface area contributed by atoms with Crippen molar-refractivity contribution in [1.82, 2.24) is 4.31 Å². The van der Waals surface area contributed by atoms with Gasteiger partial charge in [0.05, 0.1) is 22.6 Å². The number of rotatable bonds is 9. The van der Waals surface area contributed by atoms with Gasteiger partial charge in [-0.2, -0.15) is 9.41 Å². The number of benzene rings is 2. The Morgan fingerprint density at radius 3 is 2.65 bits per heavy atom. The minimum absolute atomic E-state index is 0.0315. The van der Waals surface area contributed by atoms with E-state index in [9.17, 15) is 23.6 Å². The highest BCUT2D eigenvalue weighted by Gasteiger charge is 2.29. The van der Waals surface area contributed by atoms with Crippen molar-refractivity contribution in [2.24, 2.45) is 5.10 Å². The molecule has 1 heterocycles. The van der Waals surface area contributed by atoms with E-state index in [1.807, 2.05) is 6.92 Å². The molecular formula is C20H24N4O6S. The van der Waals surface area contributed by atoms with Crippen LogP contribution in [-0.2, 0) is 10.0 Å². The highest BCUT2D eigenvalue weighted by atomic mass is 32.2. The highest BCUT2D eigenvalue weighted by Crippen LogP contribution is 2.30. The third kappa shape index (κ3) is 5.30. The van der Waals surface area contributed by atoms with Gasteiger partial charge >= 0.3 is 0 Å². The number of hydrogen-bond donors (Lipinski definition) is 2. The summed E-state index contributed by atoms with van der Waals surface area (Å²) in [6.45, 7) is 3.32. The molecule has 31 heavy (non-hydrogen) atoms. The van der Waals surface area contributed by atoms with Crippen LogP contribution in [0.1, 0.15) is 31.7 Å². The quantitative estimate of drug-likeness (QED) is 0.341. The van der Waals surface area contributed by atoms with Crippen molar-refractivity contribution in [1.29, 1.82) is 0 Å². The second kappa shape index (κ2) is 9.75. The Kier molecular flexibility index (Phi) is 7.08. The molecule has 2 aromatic rings. The molecular weight excluding hydrogens is 424 g/mol. The first-order chi connectivity index (χ1) is 14.8. The zero-order valence-corrected chi connectivity index (χ0v) is 17.8. The molecule has 10 nitrogen and oxygen atoms in total. The van der Waals surface area contributed by atoms with E-state index in [1.54, 1.807) is 12.1 Å². The highest BCUT2D eigenvalue weighted by molar-refractivity contribution is 7.89. The second-order valence-electron chi connectivity index (χ2n) is 6.99. The van der Waals surface area contributed by atoms with E-state index in [0.717, 1.165) is 25.3 Å². The van der Waals surface area contributed by atoms with E-state index in [1.165, 1.54) is 28.7 Å². The summed E-state index contributed by atoms with van der Waals surface area (Å²) in [5.41, 5.74) is 2.55.